The van der Waals surface area contributed by atoms with Crippen LogP contribution in [0.15, 0.2) is 34.3 Å². The molecule has 4 rings (SSSR count). The van der Waals surface area contributed by atoms with Crippen molar-refractivity contribution in [2.45, 2.75) is 101 Å². The minimum Gasteiger partial charge on any atom is -0.244 e. The summed E-state index contributed by atoms with van der Waals surface area (Å²) in [4.78, 5) is 0. The Morgan fingerprint density at radius 3 is 2.56 bits per heavy atom. The fraction of sp³-hybridized carbons (Fsp3) is 0.739. The molecule has 0 amide bonds. The maximum Gasteiger partial charge on any atom is 0.166 e. The molecular weight excluding hydrogens is 344 g/mol. The van der Waals surface area contributed by atoms with Gasteiger partial charge < -0.3 is 0 Å². The summed E-state index contributed by atoms with van der Waals surface area (Å²) >= 11 is 0. The summed E-state index contributed by atoms with van der Waals surface area (Å²) in [6.45, 7) is 0. The molecule has 147 valence electrons. The summed E-state index contributed by atoms with van der Waals surface area (Å²) in [5.74, 6) is 1.02. The summed E-state index contributed by atoms with van der Waals surface area (Å²) in [6, 6.07) is 0. The van der Waals surface area contributed by atoms with E-state index in [1.807, 2.05) is 0 Å². The van der Waals surface area contributed by atoms with Gasteiger partial charge in [-0.1, -0.05) is 54.9 Å². The monoisotopic (exact) mass is 375 g/mol. The fourth-order valence-electron chi connectivity index (χ4n) is 5.46. The van der Waals surface area contributed by atoms with Gasteiger partial charge in [-0.25, -0.2) is 13.2 Å². The lowest BCUT2D eigenvalue weighted by Crippen LogP contribution is -2.33. The van der Waals surface area contributed by atoms with E-state index < -0.39 is 18.5 Å². The SMILES string of the molecule is FC1C=C([C@H]2[B]C3=C(C=C(CCC4CCCCC4)CC3)CC2)CC(F)C1F. The number of halogens is 3. The summed E-state index contributed by atoms with van der Waals surface area (Å²) in [6.07, 6.45) is 12.0. The summed E-state index contributed by atoms with van der Waals surface area (Å²) in [5, 5.41) is 0. The first-order chi connectivity index (χ1) is 13.1. The lowest BCUT2D eigenvalue weighted by molar-refractivity contribution is 0.0939. The molecule has 0 aromatic rings. The second-order valence-corrected chi connectivity index (χ2v) is 9.06. The normalized spacial score (nSPS) is 35.2. The van der Waals surface area contributed by atoms with Gasteiger partial charge in [0.1, 0.15) is 6.17 Å². The zero-order valence-corrected chi connectivity index (χ0v) is 16.2. The van der Waals surface area contributed by atoms with E-state index in [1.54, 1.807) is 5.57 Å². The molecule has 0 bridgehead atoms. The lowest BCUT2D eigenvalue weighted by atomic mass is 9.48. The van der Waals surface area contributed by atoms with Crippen LogP contribution in [0, 0.1) is 5.92 Å². The van der Waals surface area contributed by atoms with Crippen LogP contribution in [0.2, 0.25) is 5.82 Å². The van der Waals surface area contributed by atoms with E-state index in [4.69, 9.17) is 0 Å². The van der Waals surface area contributed by atoms with Gasteiger partial charge in [0, 0.05) is 6.42 Å². The van der Waals surface area contributed by atoms with Crippen molar-refractivity contribution in [1.29, 1.82) is 0 Å². The molecule has 0 nitrogen and oxygen atoms in total. The van der Waals surface area contributed by atoms with Crippen LogP contribution in [-0.2, 0) is 0 Å². The highest BCUT2D eigenvalue weighted by molar-refractivity contribution is 6.49. The highest BCUT2D eigenvalue weighted by Gasteiger charge is 2.37. The Morgan fingerprint density at radius 2 is 1.78 bits per heavy atom. The molecule has 1 radical (unpaired) electrons. The molecule has 0 spiro atoms. The molecule has 3 unspecified atom stereocenters. The molecule has 0 saturated heterocycles. The molecule has 1 aliphatic heterocycles. The molecule has 4 aliphatic rings. The molecule has 4 atom stereocenters. The van der Waals surface area contributed by atoms with Crippen LogP contribution in [0.5, 0.6) is 0 Å². The van der Waals surface area contributed by atoms with E-state index in [1.165, 1.54) is 62.1 Å². The number of hydrogen-bond donors (Lipinski definition) is 0. The highest BCUT2D eigenvalue weighted by Crippen LogP contribution is 2.43. The van der Waals surface area contributed by atoms with Crippen LogP contribution < -0.4 is 0 Å². The Morgan fingerprint density at radius 1 is 0.963 bits per heavy atom. The molecule has 1 fully saturated rings. The molecule has 0 N–H and O–H groups in total. The maximum atomic E-state index is 13.8. The van der Waals surface area contributed by atoms with E-state index in [0.717, 1.165) is 37.2 Å². The molecule has 3 aliphatic carbocycles. The molecule has 27 heavy (non-hydrogen) atoms. The average molecular weight is 375 g/mol. The Balaban J connectivity index is 1.36. The molecule has 0 aromatic heterocycles. The van der Waals surface area contributed by atoms with Gasteiger partial charge in [-0.2, -0.15) is 0 Å². The van der Waals surface area contributed by atoms with E-state index in [0.29, 0.717) is 0 Å². The van der Waals surface area contributed by atoms with E-state index in [2.05, 4.69) is 13.4 Å². The standard InChI is InChI=1S/C23H31BF3/c25-21-13-18(14-22(26)23(21)27)20-11-9-17-12-16(8-10-19(17)24-20)7-6-15-4-2-1-3-5-15/h12-13,15,20-23H,1-11,14H2/t20-,21?,22?,23?/m0/s1. The second kappa shape index (κ2) is 8.61. The number of allylic oxidation sites excluding steroid dienone is 6. The Kier molecular flexibility index (Phi) is 6.19. The van der Waals surface area contributed by atoms with Gasteiger partial charge in [-0.05, 0) is 56.3 Å². The summed E-state index contributed by atoms with van der Waals surface area (Å²) < 4.78 is 40.9. The largest absolute Gasteiger partial charge is 0.244 e. The van der Waals surface area contributed by atoms with Gasteiger partial charge in [0.05, 0.1) is 0 Å². The summed E-state index contributed by atoms with van der Waals surface area (Å²) in [5.41, 5.74) is 5.16. The first-order valence-electron chi connectivity index (χ1n) is 11.0. The predicted molar refractivity (Wildman–Crippen MR) is 106 cm³/mol. The van der Waals surface area contributed by atoms with Crippen molar-refractivity contribution >= 4 is 7.28 Å². The molecule has 0 aromatic carbocycles. The summed E-state index contributed by atoms with van der Waals surface area (Å²) in [7, 11) is 2.22. The van der Waals surface area contributed by atoms with Gasteiger partial charge in [0.15, 0.2) is 19.6 Å². The average Bonchev–Trinajstić information content (AvgIpc) is 2.70. The topological polar surface area (TPSA) is 0 Å². The maximum absolute atomic E-state index is 13.8. The predicted octanol–water partition coefficient (Wildman–Crippen LogP) is 6.95. The van der Waals surface area contributed by atoms with Crippen LogP contribution >= 0.6 is 0 Å². The van der Waals surface area contributed by atoms with E-state index in [9.17, 15) is 13.2 Å². The van der Waals surface area contributed by atoms with Crippen LogP contribution in [-0.4, -0.2) is 25.8 Å². The Bertz CT molecular complexity index is 630. The molecular formula is C23H31BF3. The minimum absolute atomic E-state index is 0.0494. The lowest BCUT2D eigenvalue weighted by Gasteiger charge is -2.34. The van der Waals surface area contributed by atoms with Gasteiger partial charge in [0.25, 0.3) is 0 Å². The highest BCUT2D eigenvalue weighted by atomic mass is 19.2. The fourth-order valence-corrected chi connectivity index (χ4v) is 5.46. The van der Waals surface area contributed by atoms with Crippen LogP contribution in [0.3, 0.4) is 0 Å². The van der Waals surface area contributed by atoms with Crippen LogP contribution in [0.4, 0.5) is 13.2 Å². The smallest absolute Gasteiger partial charge is 0.166 e. The van der Waals surface area contributed by atoms with Crippen molar-refractivity contribution in [3.8, 4) is 0 Å². The third-order valence-electron chi connectivity index (χ3n) is 7.16. The van der Waals surface area contributed by atoms with Crippen molar-refractivity contribution in [3.05, 3.63) is 34.3 Å². The molecule has 4 heteroatoms. The minimum atomic E-state index is -1.99. The van der Waals surface area contributed by atoms with Gasteiger partial charge >= 0.3 is 0 Å². The Labute approximate surface area is 162 Å². The van der Waals surface area contributed by atoms with Crippen molar-refractivity contribution in [3.63, 3.8) is 0 Å². The van der Waals surface area contributed by atoms with Crippen molar-refractivity contribution in [1.82, 2.24) is 0 Å². The van der Waals surface area contributed by atoms with E-state index in [-0.39, 0.29) is 12.2 Å². The van der Waals surface area contributed by atoms with Crippen LogP contribution in [0.1, 0.15) is 77.0 Å². The number of alkyl halides is 3. The number of hydrogen-bond acceptors (Lipinski definition) is 0. The third-order valence-corrected chi connectivity index (χ3v) is 7.16. The third kappa shape index (κ3) is 4.57. The zero-order valence-electron chi connectivity index (χ0n) is 16.2. The first kappa shape index (κ1) is 19.4. The molecule has 1 saturated carbocycles. The second-order valence-electron chi connectivity index (χ2n) is 9.06. The van der Waals surface area contributed by atoms with Gasteiger partial charge in [-0.3, -0.25) is 0 Å². The first-order valence-corrected chi connectivity index (χ1v) is 11.0. The quantitative estimate of drug-likeness (QED) is 0.368. The van der Waals surface area contributed by atoms with Gasteiger partial charge in [-0.15, -0.1) is 5.47 Å². The van der Waals surface area contributed by atoms with Crippen molar-refractivity contribution < 1.29 is 13.2 Å². The van der Waals surface area contributed by atoms with Crippen LogP contribution in [0.25, 0.3) is 0 Å². The zero-order chi connectivity index (χ0) is 18.8. The molecule has 1 heterocycles. The number of rotatable bonds is 4. The Hall–Kier alpha value is -0.925. The van der Waals surface area contributed by atoms with Crippen molar-refractivity contribution in [2.24, 2.45) is 5.92 Å². The van der Waals surface area contributed by atoms with Gasteiger partial charge in [0.2, 0.25) is 0 Å². The van der Waals surface area contributed by atoms with Crippen molar-refractivity contribution in [2.75, 3.05) is 0 Å². The van der Waals surface area contributed by atoms with E-state index >= 15 is 0 Å².